The minimum absolute atomic E-state index is 0.0201. The number of carbonyl (C=O) groups is 2. The fourth-order valence-corrected chi connectivity index (χ4v) is 3.37. The maximum atomic E-state index is 13.1. The molecule has 1 N–H and O–H groups in total. The first-order valence-corrected chi connectivity index (χ1v) is 9.58. The van der Waals surface area contributed by atoms with Gasteiger partial charge in [0.05, 0.1) is 6.07 Å². The Kier molecular flexibility index (Phi) is 6.93. The van der Waals surface area contributed by atoms with Crippen LogP contribution in [-0.2, 0) is 4.79 Å². The fourth-order valence-electron chi connectivity index (χ4n) is 3.37. The molecular formula is C22H23FN4O2. The van der Waals surface area contributed by atoms with Crippen molar-refractivity contribution < 1.29 is 14.0 Å². The third-order valence-corrected chi connectivity index (χ3v) is 5.00. The molecular weight excluding hydrogens is 371 g/mol. The molecule has 0 aromatic heterocycles. The smallest absolute Gasteiger partial charge is 0.251 e. The Morgan fingerprint density at radius 2 is 1.69 bits per heavy atom. The van der Waals surface area contributed by atoms with Gasteiger partial charge in [0.1, 0.15) is 11.9 Å². The van der Waals surface area contributed by atoms with Crippen LogP contribution in [0.2, 0.25) is 0 Å². The highest BCUT2D eigenvalue weighted by Gasteiger charge is 2.26. The van der Waals surface area contributed by atoms with E-state index in [-0.39, 0.29) is 30.6 Å². The number of amides is 2. The second-order valence-electron chi connectivity index (χ2n) is 6.87. The third kappa shape index (κ3) is 5.39. The predicted molar refractivity (Wildman–Crippen MR) is 106 cm³/mol. The molecule has 0 unspecified atom stereocenters. The van der Waals surface area contributed by atoms with Crippen molar-refractivity contribution in [3.8, 4) is 6.07 Å². The maximum absolute atomic E-state index is 13.1. The molecule has 2 amide bonds. The summed E-state index contributed by atoms with van der Waals surface area (Å²) >= 11 is 0. The minimum atomic E-state index is -0.460. The van der Waals surface area contributed by atoms with Gasteiger partial charge in [0, 0.05) is 44.7 Å². The average molecular weight is 394 g/mol. The van der Waals surface area contributed by atoms with Crippen molar-refractivity contribution >= 4 is 11.8 Å². The summed E-state index contributed by atoms with van der Waals surface area (Å²) in [6, 6.07) is 16.6. The van der Waals surface area contributed by atoms with Crippen LogP contribution >= 0.6 is 0 Å². The zero-order valence-corrected chi connectivity index (χ0v) is 16.1. The predicted octanol–water partition coefficient (Wildman–Crippen LogP) is 2.35. The molecule has 150 valence electrons. The van der Waals surface area contributed by atoms with E-state index in [4.69, 9.17) is 0 Å². The molecule has 1 heterocycles. The van der Waals surface area contributed by atoms with Crippen molar-refractivity contribution in [2.45, 2.75) is 12.5 Å². The highest BCUT2D eigenvalue weighted by atomic mass is 19.1. The quantitative estimate of drug-likeness (QED) is 0.816. The average Bonchev–Trinajstić information content (AvgIpc) is 2.76. The molecule has 0 radical (unpaired) electrons. The van der Waals surface area contributed by atoms with E-state index in [1.807, 2.05) is 11.0 Å². The van der Waals surface area contributed by atoms with Crippen LogP contribution in [0.25, 0.3) is 0 Å². The Morgan fingerprint density at radius 1 is 1.03 bits per heavy atom. The Morgan fingerprint density at radius 3 is 2.31 bits per heavy atom. The summed E-state index contributed by atoms with van der Waals surface area (Å²) < 4.78 is 13.1. The van der Waals surface area contributed by atoms with Gasteiger partial charge in [-0.05, 0) is 29.8 Å². The first-order valence-electron chi connectivity index (χ1n) is 9.58. The van der Waals surface area contributed by atoms with E-state index in [1.165, 1.54) is 12.1 Å². The maximum Gasteiger partial charge on any atom is 0.251 e. The molecule has 0 bridgehead atoms. The summed E-state index contributed by atoms with van der Waals surface area (Å²) in [6.07, 6.45) is 0.234. The number of nitrogens with one attached hydrogen (secondary N) is 1. The zero-order chi connectivity index (χ0) is 20.6. The van der Waals surface area contributed by atoms with Crippen molar-refractivity contribution in [1.29, 1.82) is 5.26 Å². The van der Waals surface area contributed by atoms with Gasteiger partial charge < -0.3 is 10.2 Å². The minimum Gasteiger partial charge on any atom is -0.352 e. The van der Waals surface area contributed by atoms with E-state index in [0.29, 0.717) is 31.7 Å². The summed E-state index contributed by atoms with van der Waals surface area (Å²) in [5.41, 5.74) is 1.31. The first-order chi connectivity index (χ1) is 14.1. The van der Waals surface area contributed by atoms with Crippen molar-refractivity contribution in [3.63, 3.8) is 0 Å². The molecule has 1 aliphatic rings. The Balaban J connectivity index is 1.45. The second-order valence-corrected chi connectivity index (χ2v) is 6.87. The van der Waals surface area contributed by atoms with Crippen LogP contribution in [0.5, 0.6) is 0 Å². The summed E-state index contributed by atoms with van der Waals surface area (Å²) in [5, 5.41) is 12.3. The summed E-state index contributed by atoms with van der Waals surface area (Å²) in [5.74, 6) is -0.548. The number of nitriles is 1. The lowest BCUT2D eigenvalue weighted by molar-refractivity contribution is -0.133. The molecule has 1 fully saturated rings. The van der Waals surface area contributed by atoms with Crippen LogP contribution in [-0.4, -0.2) is 54.3 Å². The van der Waals surface area contributed by atoms with Crippen LogP contribution in [0.15, 0.2) is 54.6 Å². The molecule has 0 saturated carbocycles. The van der Waals surface area contributed by atoms with E-state index in [9.17, 15) is 19.2 Å². The van der Waals surface area contributed by atoms with E-state index in [1.54, 1.807) is 41.3 Å². The normalized spacial score (nSPS) is 15.4. The Bertz CT molecular complexity index is 872. The molecule has 29 heavy (non-hydrogen) atoms. The standard InChI is InChI=1S/C22H23FN4O2/c23-19-8-6-17(7-9-19)20(16-24)26-12-14-27(15-13-26)21(28)10-11-25-22(29)18-4-2-1-3-5-18/h1-9,20H,10-15H2,(H,25,29)/t20-/m0/s1. The number of rotatable bonds is 6. The molecule has 1 atom stereocenters. The van der Waals surface area contributed by atoms with Gasteiger partial charge in [0.25, 0.3) is 5.91 Å². The third-order valence-electron chi connectivity index (χ3n) is 5.00. The number of halogens is 1. The van der Waals surface area contributed by atoms with Crippen molar-refractivity contribution in [2.75, 3.05) is 32.7 Å². The monoisotopic (exact) mass is 394 g/mol. The number of hydrogen-bond acceptors (Lipinski definition) is 4. The van der Waals surface area contributed by atoms with Gasteiger partial charge in [0.2, 0.25) is 5.91 Å². The van der Waals surface area contributed by atoms with E-state index >= 15 is 0 Å². The Hall–Kier alpha value is -3.24. The van der Waals surface area contributed by atoms with Crippen LogP contribution < -0.4 is 5.32 Å². The van der Waals surface area contributed by atoms with Crippen molar-refractivity contribution in [3.05, 3.63) is 71.5 Å². The molecule has 6 nitrogen and oxygen atoms in total. The van der Waals surface area contributed by atoms with Crippen molar-refractivity contribution in [1.82, 2.24) is 15.1 Å². The van der Waals surface area contributed by atoms with Crippen LogP contribution in [0, 0.1) is 17.1 Å². The first kappa shape index (κ1) is 20.5. The summed E-state index contributed by atoms with van der Waals surface area (Å²) in [4.78, 5) is 28.2. The van der Waals surface area contributed by atoms with E-state index < -0.39 is 6.04 Å². The van der Waals surface area contributed by atoms with E-state index in [2.05, 4.69) is 11.4 Å². The number of piperazine rings is 1. The number of nitrogens with zero attached hydrogens (tertiary/aromatic N) is 3. The van der Waals surface area contributed by atoms with Gasteiger partial charge in [-0.25, -0.2) is 4.39 Å². The van der Waals surface area contributed by atoms with Gasteiger partial charge in [-0.3, -0.25) is 14.5 Å². The highest BCUT2D eigenvalue weighted by molar-refractivity contribution is 5.94. The van der Waals surface area contributed by atoms with Crippen LogP contribution in [0.1, 0.15) is 28.4 Å². The number of benzene rings is 2. The van der Waals surface area contributed by atoms with E-state index in [0.717, 1.165) is 5.56 Å². The van der Waals surface area contributed by atoms with Gasteiger partial charge >= 0.3 is 0 Å². The second kappa shape index (κ2) is 9.80. The van der Waals surface area contributed by atoms with Crippen LogP contribution in [0.3, 0.4) is 0 Å². The molecule has 0 aliphatic carbocycles. The summed E-state index contributed by atoms with van der Waals surface area (Å²) in [6.45, 7) is 2.45. The van der Waals surface area contributed by atoms with Crippen molar-refractivity contribution in [2.24, 2.45) is 0 Å². The highest BCUT2D eigenvalue weighted by Crippen LogP contribution is 2.22. The van der Waals surface area contributed by atoms with Gasteiger partial charge in [-0.1, -0.05) is 30.3 Å². The molecule has 1 aliphatic heterocycles. The fraction of sp³-hybridized carbons (Fsp3) is 0.318. The summed E-state index contributed by atoms with van der Waals surface area (Å²) in [7, 11) is 0. The molecule has 2 aromatic carbocycles. The van der Waals surface area contributed by atoms with Gasteiger partial charge in [-0.15, -0.1) is 0 Å². The molecule has 2 aromatic rings. The topological polar surface area (TPSA) is 76.4 Å². The largest absolute Gasteiger partial charge is 0.352 e. The number of hydrogen-bond donors (Lipinski definition) is 1. The SMILES string of the molecule is N#C[C@@H](c1ccc(F)cc1)N1CCN(C(=O)CCNC(=O)c2ccccc2)CC1. The van der Waals surface area contributed by atoms with Gasteiger partial charge in [-0.2, -0.15) is 5.26 Å². The van der Waals surface area contributed by atoms with Gasteiger partial charge in [0.15, 0.2) is 0 Å². The molecule has 0 spiro atoms. The lowest BCUT2D eigenvalue weighted by atomic mass is 10.1. The number of carbonyl (C=O) groups excluding carboxylic acids is 2. The zero-order valence-electron chi connectivity index (χ0n) is 16.1. The molecule has 3 rings (SSSR count). The lowest BCUT2D eigenvalue weighted by Gasteiger charge is -2.37. The van der Waals surface area contributed by atoms with Crippen LogP contribution in [0.4, 0.5) is 4.39 Å². The lowest BCUT2D eigenvalue weighted by Crippen LogP contribution is -2.50. The molecule has 1 saturated heterocycles. The molecule has 7 heteroatoms. The Labute approximate surface area is 169 Å².